The minimum atomic E-state index is -0.670. The molecule has 94 valence electrons. The molecule has 0 saturated carbocycles. The van der Waals surface area contributed by atoms with Gasteiger partial charge in [-0.05, 0) is 37.5 Å². The molecule has 1 saturated heterocycles. The molecule has 0 amide bonds. The van der Waals surface area contributed by atoms with E-state index in [0.29, 0.717) is 12.2 Å². The van der Waals surface area contributed by atoms with E-state index in [4.69, 9.17) is 9.47 Å². The molecule has 2 rings (SSSR count). The van der Waals surface area contributed by atoms with Crippen LogP contribution in [0.2, 0.25) is 0 Å². The second kappa shape index (κ2) is 5.47. The highest BCUT2D eigenvalue weighted by molar-refractivity contribution is 5.30. The molecule has 0 bridgehead atoms. The number of rotatable bonds is 3. The van der Waals surface area contributed by atoms with Crippen molar-refractivity contribution in [2.24, 2.45) is 0 Å². The van der Waals surface area contributed by atoms with E-state index in [1.807, 2.05) is 0 Å². The van der Waals surface area contributed by atoms with E-state index >= 15 is 0 Å². The Morgan fingerprint density at radius 2 is 2.35 bits per heavy atom. The second-order valence-electron chi connectivity index (χ2n) is 4.32. The van der Waals surface area contributed by atoms with Gasteiger partial charge in [-0.3, -0.25) is 0 Å². The number of hydrogen-bond acceptors (Lipinski definition) is 3. The zero-order valence-electron chi connectivity index (χ0n) is 9.86. The average molecular weight is 240 g/mol. The summed E-state index contributed by atoms with van der Waals surface area (Å²) in [6.45, 7) is 2.87. The van der Waals surface area contributed by atoms with Gasteiger partial charge in [0.1, 0.15) is 6.10 Å². The molecule has 17 heavy (non-hydrogen) atoms. The van der Waals surface area contributed by atoms with Crippen molar-refractivity contribution in [3.63, 3.8) is 0 Å². The maximum Gasteiger partial charge on any atom is 0.165 e. The lowest BCUT2D eigenvalue weighted by Crippen LogP contribution is -2.28. The highest BCUT2D eigenvalue weighted by Crippen LogP contribution is 2.24. The maximum atomic E-state index is 13.7. The molecule has 0 radical (unpaired) electrons. The van der Waals surface area contributed by atoms with Gasteiger partial charge < -0.3 is 14.6 Å². The second-order valence-corrected chi connectivity index (χ2v) is 4.32. The van der Waals surface area contributed by atoms with Gasteiger partial charge in [-0.15, -0.1) is 0 Å². The fraction of sp³-hybridized carbons (Fsp3) is 0.538. The number of aliphatic hydroxyl groups excluding tert-OH is 1. The summed E-state index contributed by atoms with van der Waals surface area (Å²) in [5.41, 5.74) is 0.551. The molecule has 4 heteroatoms. The van der Waals surface area contributed by atoms with Crippen LogP contribution in [-0.4, -0.2) is 24.4 Å². The maximum absolute atomic E-state index is 13.7. The van der Waals surface area contributed by atoms with Gasteiger partial charge in [0.2, 0.25) is 0 Å². The fourth-order valence-corrected chi connectivity index (χ4v) is 1.86. The summed E-state index contributed by atoms with van der Waals surface area (Å²) in [5, 5.41) is 9.33. The zero-order valence-corrected chi connectivity index (χ0v) is 9.86. The van der Waals surface area contributed by atoms with Crippen LogP contribution in [0.1, 0.15) is 31.4 Å². The van der Waals surface area contributed by atoms with Crippen molar-refractivity contribution >= 4 is 0 Å². The SMILES string of the molecule is C[C@H](O)c1ccc(OC2CCCOC2)c(F)c1. The molecule has 1 aliphatic rings. The summed E-state index contributed by atoms with van der Waals surface area (Å²) in [7, 11) is 0. The van der Waals surface area contributed by atoms with E-state index in [9.17, 15) is 9.50 Å². The van der Waals surface area contributed by atoms with E-state index in [1.165, 1.54) is 6.07 Å². The van der Waals surface area contributed by atoms with E-state index in [-0.39, 0.29) is 11.9 Å². The summed E-state index contributed by atoms with van der Waals surface area (Å²) < 4.78 is 24.5. The Morgan fingerprint density at radius 3 is 2.94 bits per heavy atom. The molecule has 1 N–H and O–H groups in total. The summed E-state index contributed by atoms with van der Waals surface area (Å²) in [6.07, 6.45) is 1.09. The minimum absolute atomic E-state index is 0.0735. The summed E-state index contributed by atoms with van der Waals surface area (Å²) in [5.74, 6) is -0.209. The molecular weight excluding hydrogens is 223 g/mol. The first-order valence-corrected chi connectivity index (χ1v) is 5.88. The molecule has 1 fully saturated rings. The molecule has 3 nitrogen and oxygen atoms in total. The third kappa shape index (κ3) is 3.17. The van der Waals surface area contributed by atoms with Crippen LogP contribution in [0.25, 0.3) is 0 Å². The Labute approximate surface area is 100 Å². The normalized spacial score (nSPS) is 22.2. The molecule has 1 heterocycles. The first-order chi connectivity index (χ1) is 8.16. The first-order valence-electron chi connectivity index (χ1n) is 5.88. The lowest BCUT2D eigenvalue weighted by Gasteiger charge is -2.23. The van der Waals surface area contributed by atoms with Crippen molar-refractivity contribution in [2.45, 2.75) is 32.0 Å². The third-order valence-corrected chi connectivity index (χ3v) is 2.85. The Balaban J connectivity index is 2.05. The molecule has 0 spiro atoms. The standard InChI is InChI=1S/C13H17FO3/c1-9(15)10-4-5-13(12(14)7-10)17-11-3-2-6-16-8-11/h4-5,7,9,11,15H,2-3,6,8H2,1H3/t9-,11?/m0/s1. The third-order valence-electron chi connectivity index (χ3n) is 2.85. The average Bonchev–Trinajstić information content (AvgIpc) is 2.33. The van der Waals surface area contributed by atoms with E-state index < -0.39 is 11.9 Å². The van der Waals surface area contributed by atoms with Crippen molar-refractivity contribution in [1.82, 2.24) is 0 Å². The number of aliphatic hydroxyl groups is 1. The molecule has 1 aromatic carbocycles. The molecule has 0 aliphatic carbocycles. The van der Waals surface area contributed by atoms with Crippen molar-refractivity contribution in [3.05, 3.63) is 29.6 Å². The smallest absolute Gasteiger partial charge is 0.165 e. The van der Waals surface area contributed by atoms with Gasteiger partial charge in [0.15, 0.2) is 11.6 Å². The van der Waals surface area contributed by atoms with Gasteiger partial charge in [-0.1, -0.05) is 6.07 Å². The number of ether oxygens (including phenoxy) is 2. The summed E-state index contributed by atoms with van der Waals surface area (Å²) in [4.78, 5) is 0. The van der Waals surface area contributed by atoms with Crippen LogP contribution >= 0.6 is 0 Å². The lowest BCUT2D eigenvalue weighted by atomic mass is 10.1. The quantitative estimate of drug-likeness (QED) is 0.882. The highest BCUT2D eigenvalue weighted by atomic mass is 19.1. The molecule has 1 aromatic rings. The summed E-state index contributed by atoms with van der Waals surface area (Å²) >= 11 is 0. The van der Waals surface area contributed by atoms with E-state index in [0.717, 1.165) is 19.4 Å². The Hall–Kier alpha value is -1.13. The Morgan fingerprint density at radius 1 is 1.53 bits per heavy atom. The number of benzene rings is 1. The van der Waals surface area contributed by atoms with Crippen LogP contribution in [0.15, 0.2) is 18.2 Å². The van der Waals surface area contributed by atoms with Gasteiger partial charge in [-0.25, -0.2) is 4.39 Å². The first kappa shape index (κ1) is 12.3. The predicted octanol–water partition coefficient (Wildman–Crippen LogP) is 2.44. The van der Waals surface area contributed by atoms with Crippen LogP contribution in [0.5, 0.6) is 5.75 Å². The van der Waals surface area contributed by atoms with Crippen molar-refractivity contribution in [1.29, 1.82) is 0 Å². The van der Waals surface area contributed by atoms with Gasteiger partial charge in [0, 0.05) is 6.61 Å². The van der Waals surface area contributed by atoms with Crippen molar-refractivity contribution < 1.29 is 19.0 Å². The van der Waals surface area contributed by atoms with Crippen LogP contribution in [0, 0.1) is 5.82 Å². The molecule has 1 aliphatic heterocycles. The summed E-state index contributed by atoms with van der Waals surface area (Å²) in [6, 6.07) is 4.54. The predicted molar refractivity (Wildman–Crippen MR) is 61.5 cm³/mol. The van der Waals surface area contributed by atoms with Gasteiger partial charge in [-0.2, -0.15) is 0 Å². The molecule has 1 unspecified atom stereocenters. The Kier molecular flexibility index (Phi) is 3.97. The van der Waals surface area contributed by atoms with Crippen LogP contribution in [0.3, 0.4) is 0 Å². The molecular formula is C13H17FO3. The van der Waals surface area contributed by atoms with Crippen LogP contribution < -0.4 is 4.74 Å². The van der Waals surface area contributed by atoms with Gasteiger partial charge in [0.05, 0.1) is 12.7 Å². The highest BCUT2D eigenvalue weighted by Gasteiger charge is 2.17. The van der Waals surface area contributed by atoms with E-state index in [2.05, 4.69) is 0 Å². The van der Waals surface area contributed by atoms with E-state index in [1.54, 1.807) is 19.1 Å². The van der Waals surface area contributed by atoms with Crippen molar-refractivity contribution in [3.8, 4) is 5.75 Å². The lowest BCUT2D eigenvalue weighted by molar-refractivity contribution is 0.00584. The number of hydrogen-bond donors (Lipinski definition) is 1. The molecule has 2 atom stereocenters. The fourth-order valence-electron chi connectivity index (χ4n) is 1.86. The van der Waals surface area contributed by atoms with Crippen LogP contribution in [-0.2, 0) is 4.74 Å². The largest absolute Gasteiger partial charge is 0.485 e. The van der Waals surface area contributed by atoms with Crippen LogP contribution in [0.4, 0.5) is 4.39 Å². The Bertz CT molecular complexity index is 373. The monoisotopic (exact) mass is 240 g/mol. The number of halogens is 1. The topological polar surface area (TPSA) is 38.7 Å². The molecule has 0 aromatic heterocycles. The van der Waals surface area contributed by atoms with Crippen molar-refractivity contribution in [2.75, 3.05) is 13.2 Å². The van der Waals surface area contributed by atoms with Gasteiger partial charge >= 0.3 is 0 Å². The zero-order chi connectivity index (χ0) is 12.3. The minimum Gasteiger partial charge on any atom is -0.485 e. The van der Waals surface area contributed by atoms with Gasteiger partial charge in [0.25, 0.3) is 0 Å².